The van der Waals surface area contributed by atoms with Gasteiger partial charge in [0, 0.05) is 11.7 Å². The Labute approximate surface area is 103 Å². The number of carbonyl (C=O) groups is 1. The molecule has 0 aromatic heterocycles. The van der Waals surface area contributed by atoms with Gasteiger partial charge in [-0.25, -0.2) is 0 Å². The second kappa shape index (κ2) is 6.28. The van der Waals surface area contributed by atoms with Gasteiger partial charge in [0.2, 0.25) is 0 Å². The second-order valence-electron chi connectivity index (χ2n) is 4.57. The topological polar surface area (TPSA) is 49.3 Å². The van der Waals surface area contributed by atoms with Gasteiger partial charge in [0.25, 0.3) is 0 Å². The fraction of sp³-hybridized carbons (Fsp3) is 0.500. The van der Waals surface area contributed by atoms with E-state index in [9.17, 15) is 4.79 Å². The van der Waals surface area contributed by atoms with Crippen molar-refractivity contribution in [3.05, 3.63) is 29.8 Å². The van der Waals surface area contributed by atoms with Gasteiger partial charge in [-0.3, -0.25) is 4.79 Å². The summed E-state index contributed by atoms with van der Waals surface area (Å²) in [5.74, 6) is -0.690. The molecule has 0 heterocycles. The summed E-state index contributed by atoms with van der Waals surface area (Å²) >= 11 is 0. The van der Waals surface area contributed by atoms with Crippen LogP contribution in [0.25, 0.3) is 0 Å². The number of benzene rings is 1. The van der Waals surface area contributed by atoms with E-state index in [1.54, 1.807) is 0 Å². The van der Waals surface area contributed by atoms with Crippen LogP contribution in [0.15, 0.2) is 24.3 Å². The third kappa shape index (κ3) is 4.47. The van der Waals surface area contributed by atoms with Gasteiger partial charge in [-0.05, 0) is 37.0 Å². The highest BCUT2D eigenvalue weighted by Crippen LogP contribution is 2.21. The van der Waals surface area contributed by atoms with E-state index in [1.165, 1.54) is 0 Å². The zero-order valence-electron chi connectivity index (χ0n) is 10.7. The number of hydrogen-bond donors (Lipinski definition) is 2. The zero-order valence-corrected chi connectivity index (χ0v) is 10.7. The van der Waals surface area contributed by atoms with Crippen LogP contribution in [0.3, 0.4) is 0 Å². The molecule has 0 bridgehead atoms. The number of nitrogens with one attached hydrogen (secondary N) is 1. The summed E-state index contributed by atoms with van der Waals surface area (Å²) in [6, 6.07) is 8.48. The summed E-state index contributed by atoms with van der Waals surface area (Å²) in [6.07, 6.45) is 1.26. The normalized spacial score (nSPS) is 14.1. The molecule has 0 saturated carbocycles. The maximum atomic E-state index is 10.6. The molecule has 0 aliphatic carbocycles. The number of rotatable bonds is 6. The lowest BCUT2D eigenvalue weighted by Gasteiger charge is -2.14. The van der Waals surface area contributed by atoms with Crippen molar-refractivity contribution in [1.29, 1.82) is 0 Å². The van der Waals surface area contributed by atoms with Crippen LogP contribution in [-0.2, 0) is 4.79 Å². The molecule has 0 radical (unpaired) electrons. The van der Waals surface area contributed by atoms with Gasteiger partial charge in [0.15, 0.2) is 0 Å². The molecule has 17 heavy (non-hydrogen) atoms. The Hall–Kier alpha value is -1.51. The van der Waals surface area contributed by atoms with Crippen molar-refractivity contribution in [3.63, 3.8) is 0 Å². The molecule has 2 atom stereocenters. The maximum Gasteiger partial charge on any atom is 0.303 e. The van der Waals surface area contributed by atoms with Gasteiger partial charge in [-0.15, -0.1) is 0 Å². The van der Waals surface area contributed by atoms with E-state index in [4.69, 9.17) is 5.11 Å². The first-order valence-electron chi connectivity index (χ1n) is 6.11. The van der Waals surface area contributed by atoms with Gasteiger partial charge in [-0.2, -0.15) is 0 Å². The minimum atomic E-state index is -0.751. The SMILES string of the molecule is CCC(C)Nc1ccc(C(C)CC(=O)O)cc1. The lowest BCUT2D eigenvalue weighted by Crippen LogP contribution is -2.13. The molecule has 0 saturated heterocycles. The third-order valence-corrected chi connectivity index (χ3v) is 2.99. The van der Waals surface area contributed by atoms with Crippen molar-refractivity contribution in [3.8, 4) is 0 Å². The Balaban J connectivity index is 2.64. The van der Waals surface area contributed by atoms with Crippen molar-refractivity contribution in [2.75, 3.05) is 5.32 Å². The van der Waals surface area contributed by atoms with Gasteiger partial charge in [0.05, 0.1) is 6.42 Å². The number of aliphatic carboxylic acids is 1. The highest BCUT2D eigenvalue weighted by atomic mass is 16.4. The molecule has 0 spiro atoms. The molecule has 2 unspecified atom stereocenters. The summed E-state index contributed by atoms with van der Waals surface area (Å²) < 4.78 is 0. The van der Waals surface area contributed by atoms with E-state index in [2.05, 4.69) is 19.2 Å². The van der Waals surface area contributed by atoms with E-state index in [0.717, 1.165) is 17.7 Å². The van der Waals surface area contributed by atoms with Crippen LogP contribution in [0.1, 0.15) is 45.1 Å². The summed E-state index contributed by atoms with van der Waals surface area (Å²) in [5, 5.41) is 12.1. The zero-order chi connectivity index (χ0) is 12.8. The second-order valence-corrected chi connectivity index (χ2v) is 4.57. The first-order valence-corrected chi connectivity index (χ1v) is 6.11. The summed E-state index contributed by atoms with van der Waals surface area (Å²) in [5.41, 5.74) is 2.16. The van der Waals surface area contributed by atoms with E-state index >= 15 is 0 Å². The standard InChI is InChI=1S/C14H21NO2/c1-4-11(3)15-13-7-5-12(6-8-13)10(2)9-14(16)17/h5-8,10-11,15H,4,9H2,1-3H3,(H,16,17). The van der Waals surface area contributed by atoms with Crippen LogP contribution in [0.5, 0.6) is 0 Å². The molecule has 0 aliphatic rings. The fourth-order valence-corrected chi connectivity index (χ4v) is 1.67. The molecule has 1 rings (SSSR count). The third-order valence-electron chi connectivity index (χ3n) is 2.99. The molecular formula is C14H21NO2. The fourth-order valence-electron chi connectivity index (χ4n) is 1.67. The van der Waals surface area contributed by atoms with Crippen LogP contribution >= 0.6 is 0 Å². The van der Waals surface area contributed by atoms with Gasteiger partial charge in [0.1, 0.15) is 0 Å². The minimum Gasteiger partial charge on any atom is -0.481 e. The average molecular weight is 235 g/mol. The Morgan fingerprint density at radius 1 is 1.29 bits per heavy atom. The number of carboxylic acid groups (broad SMARTS) is 1. The Kier molecular flexibility index (Phi) is 5.01. The number of anilines is 1. The highest BCUT2D eigenvalue weighted by Gasteiger charge is 2.09. The average Bonchev–Trinajstić information content (AvgIpc) is 2.28. The Morgan fingerprint density at radius 2 is 1.88 bits per heavy atom. The summed E-state index contributed by atoms with van der Waals surface area (Å²) in [6.45, 7) is 6.22. The molecule has 3 heteroatoms. The van der Waals surface area contributed by atoms with Gasteiger partial charge >= 0.3 is 5.97 Å². The predicted octanol–water partition coefficient (Wildman–Crippen LogP) is 3.48. The highest BCUT2D eigenvalue weighted by molar-refractivity contribution is 5.68. The van der Waals surface area contributed by atoms with Gasteiger partial charge < -0.3 is 10.4 Å². The Morgan fingerprint density at radius 3 is 2.35 bits per heavy atom. The van der Waals surface area contributed by atoms with Crippen LogP contribution in [0.4, 0.5) is 5.69 Å². The number of hydrogen-bond acceptors (Lipinski definition) is 2. The van der Waals surface area contributed by atoms with Crippen molar-refractivity contribution in [1.82, 2.24) is 0 Å². The van der Waals surface area contributed by atoms with Crippen molar-refractivity contribution >= 4 is 11.7 Å². The number of carboxylic acids is 1. The Bertz CT molecular complexity index is 359. The van der Waals surface area contributed by atoms with E-state index in [1.807, 2.05) is 31.2 Å². The molecule has 2 N–H and O–H groups in total. The maximum absolute atomic E-state index is 10.6. The van der Waals surface area contributed by atoms with Crippen molar-refractivity contribution in [2.24, 2.45) is 0 Å². The van der Waals surface area contributed by atoms with Crippen LogP contribution in [0.2, 0.25) is 0 Å². The molecule has 94 valence electrons. The molecule has 0 aliphatic heterocycles. The quantitative estimate of drug-likeness (QED) is 0.793. The van der Waals surface area contributed by atoms with Gasteiger partial charge in [-0.1, -0.05) is 26.0 Å². The molecule has 1 aromatic carbocycles. The molecular weight excluding hydrogens is 214 g/mol. The van der Waals surface area contributed by atoms with E-state index in [0.29, 0.717) is 6.04 Å². The van der Waals surface area contributed by atoms with E-state index in [-0.39, 0.29) is 12.3 Å². The van der Waals surface area contributed by atoms with Crippen LogP contribution in [0, 0.1) is 0 Å². The first-order chi connectivity index (χ1) is 8.02. The van der Waals surface area contributed by atoms with Crippen LogP contribution < -0.4 is 5.32 Å². The van der Waals surface area contributed by atoms with E-state index < -0.39 is 5.97 Å². The largest absolute Gasteiger partial charge is 0.481 e. The lowest BCUT2D eigenvalue weighted by atomic mass is 9.98. The summed E-state index contributed by atoms with van der Waals surface area (Å²) in [7, 11) is 0. The lowest BCUT2D eigenvalue weighted by molar-refractivity contribution is -0.137. The molecule has 3 nitrogen and oxygen atoms in total. The molecule has 0 fully saturated rings. The molecule has 1 aromatic rings. The minimum absolute atomic E-state index is 0.0603. The molecule has 0 amide bonds. The van der Waals surface area contributed by atoms with Crippen molar-refractivity contribution in [2.45, 2.75) is 45.6 Å². The first kappa shape index (κ1) is 13.6. The predicted molar refractivity (Wildman–Crippen MR) is 70.5 cm³/mol. The summed E-state index contributed by atoms with van der Waals surface area (Å²) in [4.78, 5) is 10.6. The van der Waals surface area contributed by atoms with Crippen LogP contribution in [-0.4, -0.2) is 17.1 Å². The smallest absolute Gasteiger partial charge is 0.303 e. The van der Waals surface area contributed by atoms with Crippen molar-refractivity contribution < 1.29 is 9.90 Å². The monoisotopic (exact) mass is 235 g/mol.